The van der Waals surface area contributed by atoms with E-state index in [1.807, 2.05) is 7.05 Å². The van der Waals surface area contributed by atoms with Gasteiger partial charge in [0.15, 0.2) is 6.61 Å². The molecule has 26 heavy (non-hydrogen) atoms. The Kier molecular flexibility index (Phi) is 6.01. The highest BCUT2D eigenvalue weighted by Crippen LogP contribution is 2.28. The van der Waals surface area contributed by atoms with E-state index in [-0.39, 0.29) is 24.4 Å². The molecule has 1 fully saturated rings. The number of benzene rings is 2. The summed E-state index contributed by atoms with van der Waals surface area (Å²) in [6.45, 7) is 1.51. The number of amides is 1. The van der Waals surface area contributed by atoms with Crippen LogP contribution in [0.5, 0.6) is 5.75 Å². The van der Waals surface area contributed by atoms with Crippen LogP contribution < -0.4 is 4.74 Å². The number of carbonyl (C=O) groups is 1. The fourth-order valence-corrected chi connectivity index (χ4v) is 3.47. The summed E-state index contributed by atoms with van der Waals surface area (Å²) in [4.78, 5) is 16.3. The van der Waals surface area contributed by atoms with Gasteiger partial charge < -0.3 is 9.64 Å². The molecule has 0 aromatic heterocycles. The van der Waals surface area contributed by atoms with Gasteiger partial charge in [0.1, 0.15) is 11.6 Å². The number of carbonyl (C=O) groups excluding carboxylic acids is 1. The maximum Gasteiger partial charge on any atom is 0.260 e. The summed E-state index contributed by atoms with van der Waals surface area (Å²) in [6.07, 6.45) is 0. The van der Waals surface area contributed by atoms with Gasteiger partial charge in [-0.25, -0.2) is 4.39 Å². The lowest BCUT2D eigenvalue weighted by molar-refractivity contribution is -0.136. The lowest BCUT2D eigenvalue weighted by Gasteiger charge is -2.39. The first-order valence-electron chi connectivity index (χ1n) is 8.26. The fraction of sp³-hybridized carbons (Fsp3) is 0.316. The van der Waals surface area contributed by atoms with Crippen LogP contribution in [0.25, 0.3) is 0 Å². The Morgan fingerprint density at radius 3 is 2.73 bits per heavy atom. The molecule has 0 radical (unpaired) electrons. The van der Waals surface area contributed by atoms with E-state index < -0.39 is 0 Å². The number of piperazine rings is 1. The van der Waals surface area contributed by atoms with E-state index in [9.17, 15) is 9.18 Å². The molecule has 2 aromatic carbocycles. The molecule has 1 amide bonds. The average molecular weight is 397 g/mol. The van der Waals surface area contributed by atoms with Crippen molar-refractivity contribution >= 4 is 29.1 Å². The van der Waals surface area contributed by atoms with Crippen LogP contribution in [0.15, 0.2) is 42.5 Å². The molecule has 2 aromatic rings. The number of halogens is 3. The summed E-state index contributed by atoms with van der Waals surface area (Å²) in [5.74, 6) is -0.0162. The standard InChI is InChI=1S/C19H19Cl2FN2O2/c1-23-8-9-24(11-17(23)14-4-2-3-5-16(14)22)19(25)12-26-18-7-6-13(20)10-15(18)21/h2-7,10,17H,8-9,11-12H2,1H3. The molecular weight excluding hydrogens is 378 g/mol. The van der Waals surface area contributed by atoms with E-state index in [4.69, 9.17) is 27.9 Å². The molecule has 0 N–H and O–H groups in total. The minimum Gasteiger partial charge on any atom is -0.482 e. The summed E-state index contributed by atoms with van der Waals surface area (Å²) in [7, 11) is 1.93. The number of ether oxygens (including phenoxy) is 1. The van der Waals surface area contributed by atoms with Crippen LogP contribution in [0.1, 0.15) is 11.6 Å². The molecule has 1 atom stereocenters. The highest BCUT2D eigenvalue weighted by molar-refractivity contribution is 6.35. The molecule has 0 bridgehead atoms. The van der Waals surface area contributed by atoms with Gasteiger partial charge in [0, 0.05) is 30.2 Å². The lowest BCUT2D eigenvalue weighted by atomic mass is 10.0. The van der Waals surface area contributed by atoms with Crippen LogP contribution in [0.3, 0.4) is 0 Å². The Bertz CT molecular complexity index is 803. The normalized spacial score (nSPS) is 18.0. The summed E-state index contributed by atoms with van der Waals surface area (Å²) in [6, 6.07) is 11.3. The van der Waals surface area contributed by atoms with E-state index in [0.29, 0.717) is 41.0 Å². The van der Waals surface area contributed by atoms with Crippen molar-refractivity contribution in [2.75, 3.05) is 33.3 Å². The monoisotopic (exact) mass is 396 g/mol. The third kappa shape index (κ3) is 4.29. The van der Waals surface area contributed by atoms with Crippen LogP contribution in [-0.4, -0.2) is 49.0 Å². The SMILES string of the molecule is CN1CCN(C(=O)COc2ccc(Cl)cc2Cl)CC1c1ccccc1F. The zero-order chi connectivity index (χ0) is 18.7. The molecule has 0 saturated carbocycles. The van der Waals surface area contributed by atoms with Gasteiger partial charge >= 0.3 is 0 Å². The van der Waals surface area contributed by atoms with Crippen LogP contribution >= 0.6 is 23.2 Å². The average Bonchev–Trinajstić information content (AvgIpc) is 2.62. The minimum atomic E-state index is -0.261. The van der Waals surface area contributed by atoms with E-state index in [1.165, 1.54) is 6.07 Å². The molecular formula is C19H19Cl2FN2O2. The molecule has 1 unspecified atom stereocenters. The highest BCUT2D eigenvalue weighted by Gasteiger charge is 2.30. The molecule has 7 heteroatoms. The molecule has 4 nitrogen and oxygen atoms in total. The highest BCUT2D eigenvalue weighted by atomic mass is 35.5. The zero-order valence-corrected chi connectivity index (χ0v) is 15.8. The Morgan fingerprint density at radius 2 is 2.00 bits per heavy atom. The second-order valence-corrected chi connectivity index (χ2v) is 7.06. The fourth-order valence-electron chi connectivity index (χ4n) is 3.00. The van der Waals surface area contributed by atoms with Crippen molar-refractivity contribution in [3.05, 3.63) is 63.9 Å². The van der Waals surface area contributed by atoms with Crippen LogP contribution in [-0.2, 0) is 4.79 Å². The largest absolute Gasteiger partial charge is 0.482 e. The molecule has 1 aliphatic heterocycles. The molecule has 1 heterocycles. The van der Waals surface area contributed by atoms with Gasteiger partial charge in [-0.15, -0.1) is 0 Å². The van der Waals surface area contributed by atoms with Crippen molar-refractivity contribution in [1.29, 1.82) is 0 Å². The van der Waals surface area contributed by atoms with Crippen molar-refractivity contribution < 1.29 is 13.9 Å². The number of hydrogen-bond donors (Lipinski definition) is 0. The first kappa shape index (κ1) is 19.0. The predicted molar refractivity (Wildman–Crippen MR) is 100 cm³/mol. The van der Waals surface area contributed by atoms with Gasteiger partial charge in [-0.3, -0.25) is 9.69 Å². The van der Waals surface area contributed by atoms with Gasteiger partial charge in [0.2, 0.25) is 0 Å². The maximum atomic E-state index is 14.1. The lowest BCUT2D eigenvalue weighted by Crippen LogP contribution is -2.50. The molecule has 0 aliphatic carbocycles. The first-order valence-corrected chi connectivity index (χ1v) is 9.01. The van der Waals surface area contributed by atoms with Crippen LogP contribution in [0, 0.1) is 5.82 Å². The maximum absolute atomic E-state index is 14.1. The first-order chi connectivity index (χ1) is 12.5. The van der Waals surface area contributed by atoms with Gasteiger partial charge in [0.25, 0.3) is 5.91 Å². The number of likely N-dealkylation sites (N-methyl/N-ethyl adjacent to an activating group) is 1. The predicted octanol–water partition coefficient (Wildman–Crippen LogP) is 4.03. The molecule has 1 saturated heterocycles. The van der Waals surface area contributed by atoms with E-state index in [1.54, 1.807) is 41.3 Å². The Hall–Kier alpha value is -1.82. The van der Waals surface area contributed by atoms with Crippen molar-refractivity contribution in [2.24, 2.45) is 0 Å². The number of nitrogens with zero attached hydrogens (tertiary/aromatic N) is 2. The Morgan fingerprint density at radius 1 is 1.23 bits per heavy atom. The smallest absolute Gasteiger partial charge is 0.260 e. The summed E-state index contributed by atoms with van der Waals surface area (Å²) in [5.41, 5.74) is 0.592. The quantitative estimate of drug-likeness (QED) is 0.781. The summed E-state index contributed by atoms with van der Waals surface area (Å²) < 4.78 is 19.7. The van der Waals surface area contributed by atoms with Gasteiger partial charge in [0.05, 0.1) is 11.1 Å². The molecule has 3 rings (SSSR count). The summed E-state index contributed by atoms with van der Waals surface area (Å²) in [5, 5.41) is 0.855. The second kappa shape index (κ2) is 8.25. The van der Waals surface area contributed by atoms with E-state index >= 15 is 0 Å². The zero-order valence-electron chi connectivity index (χ0n) is 14.3. The molecule has 1 aliphatic rings. The topological polar surface area (TPSA) is 32.8 Å². The third-order valence-electron chi connectivity index (χ3n) is 4.51. The van der Waals surface area contributed by atoms with Crippen molar-refractivity contribution in [2.45, 2.75) is 6.04 Å². The van der Waals surface area contributed by atoms with Crippen molar-refractivity contribution in [3.8, 4) is 5.75 Å². The Labute approximate surface area is 162 Å². The van der Waals surface area contributed by atoms with Crippen molar-refractivity contribution in [1.82, 2.24) is 9.80 Å². The minimum absolute atomic E-state index is 0.130. The van der Waals surface area contributed by atoms with Gasteiger partial charge in [-0.2, -0.15) is 0 Å². The summed E-state index contributed by atoms with van der Waals surface area (Å²) >= 11 is 11.9. The van der Waals surface area contributed by atoms with Crippen molar-refractivity contribution in [3.63, 3.8) is 0 Å². The van der Waals surface area contributed by atoms with Crippen LogP contribution in [0.2, 0.25) is 10.0 Å². The second-order valence-electron chi connectivity index (χ2n) is 6.22. The van der Waals surface area contributed by atoms with Gasteiger partial charge in [-0.1, -0.05) is 41.4 Å². The number of hydrogen-bond acceptors (Lipinski definition) is 3. The van der Waals surface area contributed by atoms with Crippen LogP contribution in [0.4, 0.5) is 4.39 Å². The number of rotatable bonds is 4. The Balaban J connectivity index is 1.65. The van der Waals surface area contributed by atoms with E-state index in [0.717, 1.165) is 0 Å². The van der Waals surface area contributed by atoms with Gasteiger partial charge in [-0.05, 0) is 31.3 Å². The third-order valence-corrected chi connectivity index (χ3v) is 5.04. The molecule has 138 valence electrons. The van der Waals surface area contributed by atoms with E-state index in [2.05, 4.69) is 4.90 Å². The molecule has 0 spiro atoms.